The summed E-state index contributed by atoms with van der Waals surface area (Å²) in [4.78, 5) is 20.4. The summed E-state index contributed by atoms with van der Waals surface area (Å²) < 4.78 is 42.7. The molecule has 0 amide bonds. The largest absolute Gasteiger partial charge is 0.465 e. The van der Waals surface area contributed by atoms with Crippen LogP contribution in [0.2, 0.25) is 0 Å². The molecule has 0 aliphatic carbocycles. The number of methoxy groups -OCH3 is 1. The number of aryl methyl sites for hydroxylation is 1. The average molecular weight is 346 g/mol. The Morgan fingerprint density at radius 1 is 1.04 bits per heavy atom. The minimum absolute atomic E-state index is 0.292. The van der Waals surface area contributed by atoms with E-state index >= 15 is 0 Å². The van der Waals surface area contributed by atoms with Gasteiger partial charge >= 0.3 is 12.1 Å². The molecule has 1 aromatic heterocycles. The highest BCUT2D eigenvalue weighted by molar-refractivity contribution is 5.95. The number of ether oxygens (including phenoxy) is 1. The van der Waals surface area contributed by atoms with Crippen LogP contribution in [0.1, 0.15) is 21.6 Å². The maximum atomic E-state index is 12.7. The molecule has 0 atom stereocenters. The van der Waals surface area contributed by atoms with Gasteiger partial charge in [-0.2, -0.15) is 13.2 Å². The molecule has 128 valence electrons. The fourth-order valence-electron chi connectivity index (χ4n) is 2.47. The molecular formula is C18H13F3N2O2. The SMILES string of the molecule is COC(=O)c1ccc2c(C)nc(-c3ccc(C(F)(F)F)cc3)nc2c1. The van der Waals surface area contributed by atoms with E-state index in [4.69, 9.17) is 0 Å². The first-order chi connectivity index (χ1) is 11.8. The zero-order chi connectivity index (χ0) is 18.2. The van der Waals surface area contributed by atoms with Crippen LogP contribution >= 0.6 is 0 Å². The normalized spacial score (nSPS) is 11.6. The van der Waals surface area contributed by atoms with Gasteiger partial charge in [0.15, 0.2) is 5.82 Å². The Morgan fingerprint density at radius 2 is 1.72 bits per heavy atom. The van der Waals surface area contributed by atoms with Gasteiger partial charge in [0.05, 0.1) is 23.8 Å². The first kappa shape index (κ1) is 16.9. The van der Waals surface area contributed by atoms with Crippen molar-refractivity contribution >= 4 is 16.9 Å². The van der Waals surface area contributed by atoms with Crippen LogP contribution in [0, 0.1) is 6.92 Å². The Labute approximate surface area is 141 Å². The Hall–Kier alpha value is -2.96. The topological polar surface area (TPSA) is 52.1 Å². The maximum Gasteiger partial charge on any atom is 0.416 e. The molecule has 2 aromatic carbocycles. The molecule has 7 heteroatoms. The number of esters is 1. The van der Waals surface area contributed by atoms with E-state index < -0.39 is 17.7 Å². The van der Waals surface area contributed by atoms with E-state index in [2.05, 4.69) is 14.7 Å². The fraction of sp³-hybridized carbons (Fsp3) is 0.167. The highest BCUT2D eigenvalue weighted by Gasteiger charge is 2.30. The van der Waals surface area contributed by atoms with Crippen LogP contribution in [-0.2, 0) is 10.9 Å². The molecule has 3 rings (SSSR count). The van der Waals surface area contributed by atoms with E-state index in [-0.39, 0.29) is 0 Å². The fourth-order valence-corrected chi connectivity index (χ4v) is 2.47. The molecule has 1 heterocycles. The number of alkyl halides is 3. The van der Waals surface area contributed by atoms with Crippen molar-refractivity contribution in [3.8, 4) is 11.4 Å². The molecule has 0 aliphatic rings. The molecule has 25 heavy (non-hydrogen) atoms. The van der Waals surface area contributed by atoms with Gasteiger partial charge in [-0.15, -0.1) is 0 Å². The van der Waals surface area contributed by atoms with Crippen molar-refractivity contribution in [3.05, 3.63) is 59.3 Å². The van der Waals surface area contributed by atoms with Gasteiger partial charge in [-0.05, 0) is 31.2 Å². The summed E-state index contributed by atoms with van der Waals surface area (Å²) in [7, 11) is 1.28. The van der Waals surface area contributed by atoms with Crippen LogP contribution in [-0.4, -0.2) is 23.0 Å². The van der Waals surface area contributed by atoms with Gasteiger partial charge in [0.25, 0.3) is 0 Å². The lowest BCUT2D eigenvalue weighted by molar-refractivity contribution is -0.137. The number of hydrogen-bond donors (Lipinski definition) is 0. The number of rotatable bonds is 2. The molecule has 0 spiro atoms. The standard InChI is InChI=1S/C18H13F3N2O2/c1-10-14-8-5-12(17(24)25-2)9-15(14)23-16(22-10)11-3-6-13(7-4-11)18(19,20)21/h3-9H,1-2H3. The summed E-state index contributed by atoms with van der Waals surface area (Å²) in [6.45, 7) is 1.77. The predicted molar refractivity (Wildman–Crippen MR) is 86.1 cm³/mol. The van der Waals surface area contributed by atoms with Crippen LogP contribution in [0.4, 0.5) is 13.2 Å². The van der Waals surface area contributed by atoms with Crippen molar-refractivity contribution in [2.45, 2.75) is 13.1 Å². The lowest BCUT2D eigenvalue weighted by Crippen LogP contribution is -2.04. The molecule has 0 aliphatic heterocycles. The molecule has 0 N–H and O–H groups in total. The van der Waals surface area contributed by atoms with Crippen LogP contribution in [0.5, 0.6) is 0 Å². The zero-order valence-corrected chi connectivity index (χ0v) is 13.4. The molecule has 0 saturated heterocycles. The van der Waals surface area contributed by atoms with E-state index in [0.29, 0.717) is 28.2 Å². The first-order valence-corrected chi connectivity index (χ1v) is 7.34. The monoisotopic (exact) mass is 346 g/mol. The lowest BCUT2D eigenvalue weighted by Gasteiger charge is -2.09. The third-order valence-electron chi connectivity index (χ3n) is 3.78. The number of benzene rings is 2. The van der Waals surface area contributed by atoms with Crippen molar-refractivity contribution in [1.29, 1.82) is 0 Å². The van der Waals surface area contributed by atoms with Crippen molar-refractivity contribution in [2.75, 3.05) is 7.11 Å². The number of carbonyl (C=O) groups is 1. The van der Waals surface area contributed by atoms with Gasteiger partial charge in [-0.25, -0.2) is 14.8 Å². The second kappa shape index (κ2) is 6.16. The molecule has 0 fully saturated rings. The van der Waals surface area contributed by atoms with E-state index in [0.717, 1.165) is 17.5 Å². The highest BCUT2D eigenvalue weighted by Crippen LogP contribution is 2.31. The lowest BCUT2D eigenvalue weighted by atomic mass is 10.1. The van der Waals surface area contributed by atoms with Crippen molar-refractivity contribution in [3.63, 3.8) is 0 Å². The van der Waals surface area contributed by atoms with Crippen LogP contribution in [0.15, 0.2) is 42.5 Å². The predicted octanol–water partition coefficient (Wildman–Crippen LogP) is 4.41. The molecule has 3 aromatic rings. The van der Waals surface area contributed by atoms with Gasteiger partial charge in [-0.1, -0.05) is 18.2 Å². The van der Waals surface area contributed by atoms with Crippen molar-refractivity contribution in [1.82, 2.24) is 9.97 Å². The summed E-state index contributed by atoms with van der Waals surface area (Å²) >= 11 is 0. The number of hydrogen-bond acceptors (Lipinski definition) is 4. The number of nitrogens with zero attached hydrogens (tertiary/aromatic N) is 2. The van der Waals surface area contributed by atoms with Gasteiger partial charge in [-0.3, -0.25) is 0 Å². The number of fused-ring (bicyclic) bond motifs is 1. The Kier molecular flexibility index (Phi) is 4.16. The van der Waals surface area contributed by atoms with E-state index in [1.54, 1.807) is 25.1 Å². The van der Waals surface area contributed by atoms with Gasteiger partial charge in [0.2, 0.25) is 0 Å². The van der Waals surface area contributed by atoms with E-state index in [1.165, 1.54) is 19.2 Å². The summed E-state index contributed by atoms with van der Waals surface area (Å²) in [5.74, 6) is -0.199. The van der Waals surface area contributed by atoms with E-state index in [1.807, 2.05) is 0 Å². The maximum absolute atomic E-state index is 12.7. The number of carbonyl (C=O) groups excluding carboxylic acids is 1. The second-order valence-corrected chi connectivity index (χ2v) is 5.43. The highest BCUT2D eigenvalue weighted by atomic mass is 19.4. The second-order valence-electron chi connectivity index (χ2n) is 5.43. The Balaban J connectivity index is 2.09. The van der Waals surface area contributed by atoms with Gasteiger partial charge in [0, 0.05) is 16.6 Å². The summed E-state index contributed by atoms with van der Waals surface area (Å²) in [6, 6.07) is 9.53. The molecule has 0 unspecified atom stereocenters. The minimum atomic E-state index is -4.39. The zero-order valence-electron chi connectivity index (χ0n) is 13.4. The minimum Gasteiger partial charge on any atom is -0.465 e. The van der Waals surface area contributed by atoms with E-state index in [9.17, 15) is 18.0 Å². The number of halogens is 3. The number of aromatic nitrogens is 2. The Morgan fingerprint density at radius 3 is 2.32 bits per heavy atom. The summed E-state index contributed by atoms with van der Waals surface area (Å²) in [6.07, 6.45) is -4.39. The Bertz CT molecular complexity index is 951. The summed E-state index contributed by atoms with van der Waals surface area (Å²) in [5.41, 5.74) is 1.25. The smallest absolute Gasteiger partial charge is 0.416 e. The first-order valence-electron chi connectivity index (χ1n) is 7.34. The molecule has 0 bridgehead atoms. The van der Waals surface area contributed by atoms with Gasteiger partial charge in [0.1, 0.15) is 0 Å². The summed E-state index contributed by atoms with van der Waals surface area (Å²) in [5, 5.41) is 0.753. The molecular weight excluding hydrogens is 333 g/mol. The van der Waals surface area contributed by atoms with Crippen LogP contribution in [0.25, 0.3) is 22.3 Å². The van der Waals surface area contributed by atoms with Crippen LogP contribution in [0.3, 0.4) is 0 Å². The van der Waals surface area contributed by atoms with Gasteiger partial charge < -0.3 is 4.74 Å². The third-order valence-corrected chi connectivity index (χ3v) is 3.78. The quantitative estimate of drug-likeness (QED) is 0.645. The average Bonchev–Trinajstić information content (AvgIpc) is 2.59. The third kappa shape index (κ3) is 3.31. The molecule has 4 nitrogen and oxygen atoms in total. The molecule has 0 saturated carbocycles. The van der Waals surface area contributed by atoms with Crippen LogP contribution < -0.4 is 0 Å². The van der Waals surface area contributed by atoms with Crippen molar-refractivity contribution < 1.29 is 22.7 Å². The van der Waals surface area contributed by atoms with Crippen molar-refractivity contribution in [2.24, 2.45) is 0 Å². The molecule has 0 radical (unpaired) electrons.